The van der Waals surface area contributed by atoms with Crippen LogP contribution in [-0.2, 0) is 4.79 Å². The minimum Gasteiger partial charge on any atom is -0.368 e. The van der Waals surface area contributed by atoms with Crippen LogP contribution in [0, 0.1) is 11.8 Å². The van der Waals surface area contributed by atoms with E-state index in [2.05, 4.69) is 19.2 Å². The Labute approximate surface area is 105 Å². The summed E-state index contributed by atoms with van der Waals surface area (Å²) in [6.45, 7) is 4.46. The maximum Gasteiger partial charge on any atom is 0.237 e. The van der Waals surface area contributed by atoms with E-state index in [9.17, 15) is 4.79 Å². The van der Waals surface area contributed by atoms with Crippen LogP contribution in [0.5, 0.6) is 0 Å². The van der Waals surface area contributed by atoms with Gasteiger partial charge in [0, 0.05) is 6.04 Å². The SMILES string of the molecule is CC(C)C1CC(NC2CCCCC2)(C(N)=O)C1. The zero-order chi connectivity index (χ0) is 12.5. The van der Waals surface area contributed by atoms with Crippen LogP contribution in [0.4, 0.5) is 0 Å². The Bertz CT molecular complexity index is 276. The maximum absolute atomic E-state index is 11.7. The number of amides is 1. The molecule has 0 radical (unpaired) electrons. The molecule has 3 nitrogen and oxygen atoms in total. The van der Waals surface area contributed by atoms with Gasteiger partial charge in [-0.05, 0) is 37.5 Å². The number of nitrogens with one attached hydrogen (secondary N) is 1. The third-order valence-corrected chi connectivity index (χ3v) is 4.72. The largest absolute Gasteiger partial charge is 0.368 e. The van der Waals surface area contributed by atoms with E-state index in [0.717, 1.165) is 12.8 Å². The topological polar surface area (TPSA) is 55.1 Å². The highest BCUT2D eigenvalue weighted by atomic mass is 16.1. The van der Waals surface area contributed by atoms with Gasteiger partial charge in [0.05, 0.1) is 5.54 Å². The lowest BCUT2D eigenvalue weighted by molar-refractivity contribution is -0.131. The van der Waals surface area contributed by atoms with Crippen molar-refractivity contribution < 1.29 is 4.79 Å². The van der Waals surface area contributed by atoms with Gasteiger partial charge < -0.3 is 11.1 Å². The standard InChI is InChI=1S/C14H26N2O/c1-10(2)11-8-14(9-11,13(15)17)16-12-6-4-3-5-7-12/h10-12,16H,3-9H2,1-2H3,(H2,15,17). The molecule has 0 atom stereocenters. The third-order valence-electron chi connectivity index (χ3n) is 4.72. The van der Waals surface area contributed by atoms with Gasteiger partial charge in [-0.25, -0.2) is 0 Å². The van der Waals surface area contributed by atoms with Gasteiger partial charge in [-0.15, -0.1) is 0 Å². The number of hydrogen-bond acceptors (Lipinski definition) is 2. The van der Waals surface area contributed by atoms with Crippen LogP contribution >= 0.6 is 0 Å². The zero-order valence-corrected chi connectivity index (χ0v) is 11.2. The van der Waals surface area contributed by atoms with Crippen LogP contribution < -0.4 is 11.1 Å². The molecular formula is C14H26N2O. The number of primary amides is 1. The van der Waals surface area contributed by atoms with E-state index in [0.29, 0.717) is 17.9 Å². The average Bonchev–Trinajstić information content (AvgIpc) is 2.23. The van der Waals surface area contributed by atoms with Gasteiger partial charge in [-0.1, -0.05) is 33.1 Å². The first-order valence-electron chi connectivity index (χ1n) is 7.11. The summed E-state index contributed by atoms with van der Waals surface area (Å²) in [7, 11) is 0. The Balaban J connectivity index is 1.92. The Kier molecular flexibility index (Phi) is 3.76. The molecule has 0 aliphatic heterocycles. The lowest BCUT2D eigenvalue weighted by Crippen LogP contribution is -2.66. The van der Waals surface area contributed by atoms with Crippen LogP contribution in [0.2, 0.25) is 0 Å². The molecule has 3 heteroatoms. The molecule has 0 heterocycles. The molecule has 98 valence electrons. The van der Waals surface area contributed by atoms with Crippen molar-refractivity contribution in [1.29, 1.82) is 0 Å². The summed E-state index contributed by atoms with van der Waals surface area (Å²) in [5.41, 5.74) is 5.23. The number of carbonyl (C=O) groups is 1. The Morgan fingerprint density at radius 1 is 1.24 bits per heavy atom. The van der Waals surface area contributed by atoms with Crippen LogP contribution in [-0.4, -0.2) is 17.5 Å². The van der Waals surface area contributed by atoms with Crippen LogP contribution in [0.15, 0.2) is 0 Å². The summed E-state index contributed by atoms with van der Waals surface area (Å²) in [5, 5.41) is 3.58. The van der Waals surface area contributed by atoms with Crippen molar-refractivity contribution in [3.05, 3.63) is 0 Å². The number of carbonyl (C=O) groups excluding carboxylic acids is 1. The van der Waals surface area contributed by atoms with Crippen molar-refractivity contribution in [3.8, 4) is 0 Å². The average molecular weight is 238 g/mol. The summed E-state index contributed by atoms with van der Waals surface area (Å²) >= 11 is 0. The molecule has 2 rings (SSSR count). The van der Waals surface area contributed by atoms with Crippen molar-refractivity contribution in [1.82, 2.24) is 5.32 Å². The highest BCUT2D eigenvalue weighted by molar-refractivity contribution is 5.86. The van der Waals surface area contributed by atoms with Crippen molar-refractivity contribution in [2.75, 3.05) is 0 Å². The second kappa shape index (κ2) is 4.97. The summed E-state index contributed by atoms with van der Waals surface area (Å²) in [6.07, 6.45) is 8.23. The van der Waals surface area contributed by atoms with E-state index in [1.54, 1.807) is 0 Å². The van der Waals surface area contributed by atoms with Crippen molar-refractivity contribution in [2.45, 2.75) is 70.4 Å². The predicted molar refractivity (Wildman–Crippen MR) is 69.5 cm³/mol. The van der Waals surface area contributed by atoms with Gasteiger partial charge in [0.15, 0.2) is 0 Å². The highest BCUT2D eigenvalue weighted by Gasteiger charge is 2.50. The van der Waals surface area contributed by atoms with E-state index in [-0.39, 0.29) is 11.4 Å². The molecule has 3 N–H and O–H groups in total. The van der Waals surface area contributed by atoms with Crippen LogP contribution in [0.3, 0.4) is 0 Å². The predicted octanol–water partition coefficient (Wildman–Crippen LogP) is 2.20. The van der Waals surface area contributed by atoms with Gasteiger partial charge in [0.1, 0.15) is 0 Å². The summed E-state index contributed by atoms with van der Waals surface area (Å²) < 4.78 is 0. The van der Waals surface area contributed by atoms with Gasteiger partial charge >= 0.3 is 0 Å². The molecule has 2 saturated carbocycles. The Hall–Kier alpha value is -0.570. The first-order chi connectivity index (χ1) is 8.03. The third kappa shape index (κ3) is 2.65. The smallest absolute Gasteiger partial charge is 0.237 e. The van der Waals surface area contributed by atoms with E-state index in [1.807, 2.05) is 0 Å². The second-order valence-corrected chi connectivity index (χ2v) is 6.34. The molecule has 2 fully saturated rings. The molecule has 0 bridgehead atoms. The molecule has 0 aromatic carbocycles. The van der Waals surface area contributed by atoms with Crippen LogP contribution in [0.1, 0.15) is 58.8 Å². The molecule has 2 aliphatic carbocycles. The minimum absolute atomic E-state index is 0.139. The summed E-state index contributed by atoms with van der Waals surface area (Å²) in [6, 6.07) is 0.518. The minimum atomic E-state index is -0.378. The maximum atomic E-state index is 11.7. The zero-order valence-electron chi connectivity index (χ0n) is 11.2. The first-order valence-corrected chi connectivity index (χ1v) is 7.11. The Morgan fingerprint density at radius 2 is 1.82 bits per heavy atom. The molecule has 0 aromatic heterocycles. The van der Waals surface area contributed by atoms with Crippen LogP contribution in [0.25, 0.3) is 0 Å². The quantitative estimate of drug-likeness (QED) is 0.789. The van der Waals surface area contributed by atoms with Gasteiger partial charge in [-0.3, -0.25) is 4.79 Å². The molecule has 0 spiro atoms. The lowest BCUT2D eigenvalue weighted by atomic mass is 9.63. The van der Waals surface area contributed by atoms with Crippen molar-refractivity contribution in [2.24, 2.45) is 17.6 Å². The normalized spacial score (nSPS) is 34.6. The Morgan fingerprint density at radius 3 is 2.29 bits per heavy atom. The molecule has 0 unspecified atom stereocenters. The number of rotatable bonds is 4. The fourth-order valence-corrected chi connectivity index (χ4v) is 3.33. The lowest BCUT2D eigenvalue weighted by Gasteiger charge is -2.50. The molecule has 0 saturated heterocycles. The molecule has 17 heavy (non-hydrogen) atoms. The number of hydrogen-bond donors (Lipinski definition) is 2. The van der Waals surface area contributed by atoms with E-state index >= 15 is 0 Å². The number of nitrogens with two attached hydrogens (primary N) is 1. The van der Waals surface area contributed by atoms with Gasteiger partial charge in [0.25, 0.3) is 0 Å². The molecular weight excluding hydrogens is 212 g/mol. The second-order valence-electron chi connectivity index (χ2n) is 6.34. The van der Waals surface area contributed by atoms with E-state index < -0.39 is 0 Å². The van der Waals surface area contributed by atoms with Gasteiger partial charge in [-0.2, -0.15) is 0 Å². The first kappa shape index (κ1) is 12.9. The molecule has 0 aromatic rings. The van der Waals surface area contributed by atoms with Crippen molar-refractivity contribution in [3.63, 3.8) is 0 Å². The fourth-order valence-electron chi connectivity index (χ4n) is 3.33. The summed E-state index contributed by atoms with van der Waals surface area (Å²) in [5.74, 6) is 1.19. The highest BCUT2D eigenvalue weighted by Crippen LogP contribution is 2.43. The van der Waals surface area contributed by atoms with Crippen molar-refractivity contribution >= 4 is 5.91 Å². The van der Waals surface area contributed by atoms with E-state index in [1.165, 1.54) is 32.1 Å². The molecule has 1 amide bonds. The monoisotopic (exact) mass is 238 g/mol. The van der Waals surface area contributed by atoms with E-state index in [4.69, 9.17) is 5.73 Å². The van der Waals surface area contributed by atoms with Gasteiger partial charge in [0.2, 0.25) is 5.91 Å². The fraction of sp³-hybridized carbons (Fsp3) is 0.929. The summed E-state index contributed by atoms with van der Waals surface area (Å²) in [4.78, 5) is 11.7. The molecule has 2 aliphatic rings.